The minimum absolute atomic E-state index is 0.858. The smallest absolute Gasteiger partial charge is 0.159 e. The van der Waals surface area contributed by atoms with Gasteiger partial charge in [0.15, 0.2) is 5.58 Å². The molecule has 0 fully saturated rings. The number of para-hydroxylation sites is 3. The van der Waals surface area contributed by atoms with Crippen LogP contribution < -0.4 is 4.90 Å². The van der Waals surface area contributed by atoms with E-state index in [-0.39, 0.29) is 0 Å². The molecule has 11 aromatic rings. The first-order valence-electron chi connectivity index (χ1n) is 19.4. The van der Waals surface area contributed by atoms with Crippen molar-refractivity contribution < 1.29 is 4.42 Å². The maximum absolute atomic E-state index is 6.68. The van der Waals surface area contributed by atoms with Gasteiger partial charge in [0.25, 0.3) is 0 Å². The van der Waals surface area contributed by atoms with Gasteiger partial charge in [0, 0.05) is 38.6 Å². The normalized spacial score (nSPS) is 11.5. The summed E-state index contributed by atoms with van der Waals surface area (Å²) < 4.78 is 9.09. The van der Waals surface area contributed by atoms with Gasteiger partial charge in [-0.05, 0) is 94.0 Å². The zero-order chi connectivity index (χ0) is 37.7. The summed E-state index contributed by atoms with van der Waals surface area (Å²) in [6.45, 7) is 0. The third-order valence-electron chi connectivity index (χ3n) is 11.2. The fraction of sp³-hybridized carbons (Fsp3) is 0. The SMILES string of the molecule is c1ccc(-c2ccc(N(c3cccc(-c4cccc5c4c4c(-c6ccccc6)cccc4n5-c4ccccc4)c3)c3cccc4c3oc3ccccc34)cc2)cc1. The Morgan fingerprint density at radius 2 is 0.912 bits per heavy atom. The Kier molecular flexibility index (Phi) is 7.82. The Morgan fingerprint density at radius 1 is 0.368 bits per heavy atom. The van der Waals surface area contributed by atoms with Gasteiger partial charge < -0.3 is 13.9 Å². The summed E-state index contributed by atoms with van der Waals surface area (Å²) in [6, 6.07) is 78.0. The number of benzene rings is 9. The van der Waals surface area contributed by atoms with Crippen LogP contribution in [-0.4, -0.2) is 4.57 Å². The van der Waals surface area contributed by atoms with Crippen LogP contribution in [-0.2, 0) is 0 Å². The molecule has 0 aliphatic carbocycles. The van der Waals surface area contributed by atoms with E-state index in [1.54, 1.807) is 0 Å². The van der Waals surface area contributed by atoms with Crippen LogP contribution in [0.2, 0.25) is 0 Å². The largest absolute Gasteiger partial charge is 0.454 e. The molecule has 0 amide bonds. The molecular formula is C54H36N2O. The highest BCUT2D eigenvalue weighted by Gasteiger charge is 2.22. The number of hydrogen-bond donors (Lipinski definition) is 0. The Morgan fingerprint density at radius 3 is 1.63 bits per heavy atom. The van der Waals surface area contributed by atoms with E-state index >= 15 is 0 Å². The molecule has 0 bridgehead atoms. The molecule has 0 unspecified atom stereocenters. The van der Waals surface area contributed by atoms with Gasteiger partial charge in [0.05, 0.1) is 16.7 Å². The van der Waals surface area contributed by atoms with Crippen LogP contribution in [0, 0.1) is 0 Å². The van der Waals surface area contributed by atoms with Crippen molar-refractivity contribution >= 4 is 60.8 Å². The van der Waals surface area contributed by atoms with Crippen LogP contribution in [0.5, 0.6) is 0 Å². The Balaban J connectivity index is 1.15. The quantitative estimate of drug-likeness (QED) is 0.163. The van der Waals surface area contributed by atoms with Gasteiger partial charge in [-0.3, -0.25) is 0 Å². The molecule has 11 rings (SSSR count). The molecule has 0 saturated heterocycles. The van der Waals surface area contributed by atoms with E-state index in [2.05, 4.69) is 222 Å². The topological polar surface area (TPSA) is 21.3 Å². The standard InChI is InChI=1S/C54H36N2O/c1-4-16-37(17-5-1)38-32-34-42(35-33-38)55(50-30-15-27-47-46-24-10-11-31-51(46)57-54(47)50)43-23-12-20-40(36-43)45-26-14-29-49-53(45)52-44(39-18-6-2-7-19-39)25-13-28-48(52)56(49)41-21-8-3-9-22-41/h1-36H. The summed E-state index contributed by atoms with van der Waals surface area (Å²) >= 11 is 0. The number of fused-ring (bicyclic) bond motifs is 6. The van der Waals surface area contributed by atoms with Gasteiger partial charge >= 0.3 is 0 Å². The molecule has 3 heteroatoms. The molecule has 2 aromatic heterocycles. The zero-order valence-electron chi connectivity index (χ0n) is 31.1. The van der Waals surface area contributed by atoms with Crippen LogP contribution in [0.15, 0.2) is 223 Å². The Bertz CT molecular complexity index is 3220. The Hall–Kier alpha value is -7.62. The molecule has 0 spiro atoms. The van der Waals surface area contributed by atoms with Crippen molar-refractivity contribution in [3.63, 3.8) is 0 Å². The molecule has 2 heterocycles. The molecule has 9 aromatic carbocycles. The minimum Gasteiger partial charge on any atom is -0.454 e. The van der Waals surface area contributed by atoms with Crippen LogP contribution in [0.4, 0.5) is 17.1 Å². The van der Waals surface area contributed by atoms with E-state index in [9.17, 15) is 0 Å². The first-order valence-corrected chi connectivity index (χ1v) is 19.4. The first kappa shape index (κ1) is 32.8. The van der Waals surface area contributed by atoms with Crippen LogP contribution in [0.25, 0.3) is 82.8 Å². The molecule has 57 heavy (non-hydrogen) atoms. The van der Waals surface area contributed by atoms with Crippen molar-refractivity contribution in [3.05, 3.63) is 218 Å². The second kappa shape index (κ2) is 13.6. The molecule has 0 aliphatic rings. The van der Waals surface area contributed by atoms with Crippen molar-refractivity contribution in [3.8, 4) is 39.1 Å². The van der Waals surface area contributed by atoms with E-state index < -0.39 is 0 Å². The zero-order valence-corrected chi connectivity index (χ0v) is 31.1. The fourth-order valence-corrected chi connectivity index (χ4v) is 8.64. The van der Waals surface area contributed by atoms with Crippen LogP contribution >= 0.6 is 0 Å². The predicted molar refractivity (Wildman–Crippen MR) is 239 cm³/mol. The van der Waals surface area contributed by atoms with E-state index in [0.717, 1.165) is 50.3 Å². The van der Waals surface area contributed by atoms with E-state index in [4.69, 9.17) is 4.42 Å². The van der Waals surface area contributed by atoms with E-state index in [1.165, 1.54) is 49.6 Å². The average molecular weight is 729 g/mol. The molecule has 0 aliphatic heterocycles. The lowest BCUT2D eigenvalue weighted by atomic mass is 9.94. The highest BCUT2D eigenvalue weighted by molar-refractivity contribution is 6.21. The molecule has 0 radical (unpaired) electrons. The van der Waals surface area contributed by atoms with Gasteiger partial charge in [-0.2, -0.15) is 0 Å². The summed E-state index contributed by atoms with van der Waals surface area (Å²) in [6.07, 6.45) is 0. The van der Waals surface area contributed by atoms with Crippen molar-refractivity contribution in [1.82, 2.24) is 4.57 Å². The van der Waals surface area contributed by atoms with Gasteiger partial charge in [0.2, 0.25) is 0 Å². The maximum Gasteiger partial charge on any atom is 0.159 e. The van der Waals surface area contributed by atoms with Gasteiger partial charge in [-0.15, -0.1) is 0 Å². The maximum atomic E-state index is 6.68. The first-order chi connectivity index (χ1) is 28.3. The lowest BCUT2D eigenvalue weighted by Gasteiger charge is -2.26. The predicted octanol–water partition coefficient (Wildman–Crippen LogP) is 15.2. The van der Waals surface area contributed by atoms with E-state index in [0.29, 0.717) is 0 Å². The number of hydrogen-bond acceptors (Lipinski definition) is 2. The van der Waals surface area contributed by atoms with Crippen molar-refractivity contribution in [2.24, 2.45) is 0 Å². The third-order valence-corrected chi connectivity index (χ3v) is 11.2. The second-order valence-electron chi connectivity index (χ2n) is 14.5. The lowest BCUT2D eigenvalue weighted by molar-refractivity contribution is 0.669. The van der Waals surface area contributed by atoms with Crippen molar-refractivity contribution in [1.29, 1.82) is 0 Å². The van der Waals surface area contributed by atoms with Crippen LogP contribution in [0.3, 0.4) is 0 Å². The van der Waals surface area contributed by atoms with Gasteiger partial charge in [0.1, 0.15) is 5.58 Å². The summed E-state index contributed by atoms with van der Waals surface area (Å²) in [5.74, 6) is 0. The summed E-state index contributed by atoms with van der Waals surface area (Å²) in [7, 11) is 0. The molecule has 0 saturated carbocycles. The minimum atomic E-state index is 0.858. The van der Waals surface area contributed by atoms with Crippen molar-refractivity contribution in [2.75, 3.05) is 4.90 Å². The molecule has 3 nitrogen and oxygen atoms in total. The number of anilines is 3. The number of rotatable bonds is 7. The molecular weight excluding hydrogens is 693 g/mol. The molecule has 268 valence electrons. The van der Waals surface area contributed by atoms with Crippen molar-refractivity contribution in [2.45, 2.75) is 0 Å². The number of nitrogens with zero attached hydrogens (tertiary/aromatic N) is 2. The fourth-order valence-electron chi connectivity index (χ4n) is 8.64. The summed E-state index contributed by atoms with van der Waals surface area (Å²) in [4.78, 5) is 2.34. The summed E-state index contributed by atoms with van der Waals surface area (Å²) in [5.41, 5.74) is 15.4. The number of aromatic nitrogens is 1. The molecule has 0 atom stereocenters. The highest BCUT2D eigenvalue weighted by Crippen LogP contribution is 2.46. The summed E-state index contributed by atoms with van der Waals surface area (Å²) in [5, 5.41) is 4.67. The third kappa shape index (κ3) is 5.51. The van der Waals surface area contributed by atoms with E-state index in [1.807, 2.05) is 6.07 Å². The number of furan rings is 1. The second-order valence-corrected chi connectivity index (χ2v) is 14.5. The average Bonchev–Trinajstić information content (AvgIpc) is 3.84. The van der Waals surface area contributed by atoms with Crippen LogP contribution in [0.1, 0.15) is 0 Å². The lowest BCUT2D eigenvalue weighted by Crippen LogP contribution is -2.10. The highest BCUT2D eigenvalue weighted by atomic mass is 16.3. The van der Waals surface area contributed by atoms with Gasteiger partial charge in [-0.1, -0.05) is 158 Å². The van der Waals surface area contributed by atoms with Gasteiger partial charge in [-0.25, -0.2) is 0 Å². The molecule has 0 N–H and O–H groups in total. The Labute approximate surface area is 330 Å². The monoisotopic (exact) mass is 728 g/mol.